The first-order valence-corrected chi connectivity index (χ1v) is 8.82. The summed E-state index contributed by atoms with van der Waals surface area (Å²) < 4.78 is 0. The van der Waals surface area contributed by atoms with E-state index >= 15 is 0 Å². The van der Waals surface area contributed by atoms with Crippen molar-refractivity contribution in [2.45, 2.75) is 37.8 Å². The van der Waals surface area contributed by atoms with Crippen LogP contribution < -0.4 is 22.1 Å². The number of nitrogens with one attached hydrogen (secondary N) is 2. The fraction of sp³-hybridized carbons (Fsp3) is 0.471. The zero-order valence-electron chi connectivity index (χ0n) is 15.4. The second-order valence-electron chi connectivity index (χ2n) is 6.09. The second kappa shape index (κ2) is 12.2. The van der Waals surface area contributed by atoms with E-state index < -0.39 is 16.9 Å². The second-order valence-corrected chi connectivity index (χ2v) is 6.09. The molecule has 0 aliphatic carbocycles. The van der Waals surface area contributed by atoms with Gasteiger partial charge in [-0.15, -0.1) is 0 Å². The maximum absolute atomic E-state index is 11.8. The number of guanidine groups is 1. The van der Waals surface area contributed by atoms with Crippen molar-refractivity contribution in [2.75, 3.05) is 13.1 Å². The number of nitrogens with zero attached hydrogens (tertiary/aromatic N) is 2. The van der Waals surface area contributed by atoms with Crippen LogP contribution in [0.4, 0.5) is 5.69 Å². The summed E-state index contributed by atoms with van der Waals surface area (Å²) in [6.07, 6.45) is 2.46. The first-order chi connectivity index (χ1) is 13.3. The number of nitro benzene ring substituents is 1. The number of carbonyl (C=O) groups is 2. The number of para-hydroxylation sites is 1. The van der Waals surface area contributed by atoms with E-state index in [1.54, 1.807) is 18.2 Å². The fourth-order valence-electron chi connectivity index (χ4n) is 2.49. The number of benzene rings is 1. The predicted octanol–water partition coefficient (Wildman–Crippen LogP) is -0.0438. The Bertz CT molecular complexity index is 672. The number of nitrogens with two attached hydrogens (primary N) is 2. The van der Waals surface area contributed by atoms with E-state index in [1.807, 2.05) is 0 Å². The lowest BCUT2D eigenvalue weighted by Crippen LogP contribution is -2.48. The van der Waals surface area contributed by atoms with Gasteiger partial charge in [0.15, 0.2) is 5.96 Å². The lowest BCUT2D eigenvalue weighted by molar-refractivity contribution is -0.384. The molecule has 1 fully saturated rings. The van der Waals surface area contributed by atoms with Gasteiger partial charge in [-0.1, -0.05) is 18.2 Å². The van der Waals surface area contributed by atoms with Crippen LogP contribution in [0.3, 0.4) is 0 Å². The van der Waals surface area contributed by atoms with E-state index in [0.29, 0.717) is 19.4 Å². The highest BCUT2D eigenvalue weighted by Gasteiger charge is 2.26. The highest BCUT2D eigenvalue weighted by Crippen LogP contribution is 2.07. The molecule has 7 N–H and O–H groups in total. The Hall–Kier alpha value is -3.21. The molecular formula is C17H26N6O5. The van der Waals surface area contributed by atoms with Gasteiger partial charge in [0.2, 0.25) is 5.91 Å². The van der Waals surface area contributed by atoms with Gasteiger partial charge in [-0.2, -0.15) is 0 Å². The molecule has 1 aromatic rings. The molecule has 1 aromatic carbocycles. The number of carboxylic acid groups (broad SMARTS) is 1. The standard InChI is InChI=1S/C11H21N5O3.C6H5NO2/c12-11(13)15-6-2-4-8(10(18)19)16-9(17)7-3-1-5-14-7;8-7(9)6-4-2-1-3-5-6/h7-8,14H,1-6H2,(H,16,17)(H,18,19)(H4,12,13,15);1-5H/t7-,8?;/m0./s1. The van der Waals surface area contributed by atoms with Crippen LogP contribution in [0, 0.1) is 10.1 Å². The van der Waals surface area contributed by atoms with Gasteiger partial charge in [-0.25, -0.2) is 4.79 Å². The van der Waals surface area contributed by atoms with E-state index in [1.165, 1.54) is 12.1 Å². The molecule has 1 aliphatic rings. The molecule has 1 amide bonds. The summed E-state index contributed by atoms with van der Waals surface area (Å²) in [5.74, 6) is -1.33. The van der Waals surface area contributed by atoms with Gasteiger partial charge in [-0.05, 0) is 32.2 Å². The molecule has 2 rings (SSSR count). The Morgan fingerprint density at radius 2 is 2.04 bits per heavy atom. The minimum absolute atomic E-state index is 0.0222. The Kier molecular flexibility index (Phi) is 9.97. The highest BCUT2D eigenvalue weighted by atomic mass is 16.6. The van der Waals surface area contributed by atoms with Crippen LogP contribution in [-0.2, 0) is 9.59 Å². The summed E-state index contributed by atoms with van der Waals surface area (Å²) in [7, 11) is 0. The van der Waals surface area contributed by atoms with Crippen LogP contribution in [0.2, 0.25) is 0 Å². The third-order valence-electron chi connectivity index (χ3n) is 3.90. The number of aliphatic carboxylic acids is 1. The molecule has 0 aromatic heterocycles. The zero-order chi connectivity index (χ0) is 20.9. The van der Waals surface area contributed by atoms with Crippen LogP contribution in [-0.4, -0.2) is 53.0 Å². The van der Waals surface area contributed by atoms with Crippen molar-refractivity contribution in [1.82, 2.24) is 10.6 Å². The largest absolute Gasteiger partial charge is 0.480 e. The van der Waals surface area contributed by atoms with Gasteiger partial charge in [-0.3, -0.25) is 19.9 Å². The smallest absolute Gasteiger partial charge is 0.326 e. The number of hydrogen-bond donors (Lipinski definition) is 5. The molecule has 0 radical (unpaired) electrons. The SMILES string of the molecule is NC(N)=NCCCC(NC(=O)[C@@H]1CCCN1)C(=O)O.O=[N+]([O-])c1ccccc1. The lowest BCUT2D eigenvalue weighted by atomic mass is 10.1. The molecule has 1 aliphatic heterocycles. The van der Waals surface area contributed by atoms with Crippen LogP contribution >= 0.6 is 0 Å². The summed E-state index contributed by atoms with van der Waals surface area (Å²) in [5.41, 5.74) is 10.5. The Labute approximate surface area is 162 Å². The van der Waals surface area contributed by atoms with Crippen LogP contribution in [0.1, 0.15) is 25.7 Å². The molecule has 11 nitrogen and oxygen atoms in total. The van der Waals surface area contributed by atoms with Gasteiger partial charge >= 0.3 is 5.97 Å². The average Bonchev–Trinajstić information content (AvgIpc) is 3.20. The van der Waals surface area contributed by atoms with Gasteiger partial charge in [0.1, 0.15) is 6.04 Å². The molecule has 1 saturated heterocycles. The number of hydrogen-bond acceptors (Lipinski definition) is 6. The Morgan fingerprint density at radius 3 is 2.50 bits per heavy atom. The van der Waals surface area contributed by atoms with Crippen LogP contribution in [0.5, 0.6) is 0 Å². The highest BCUT2D eigenvalue weighted by molar-refractivity contribution is 5.87. The summed E-state index contributed by atoms with van der Waals surface area (Å²) in [4.78, 5) is 36.2. The number of aliphatic imine (C=N–C) groups is 1. The number of non-ortho nitro benzene ring substituents is 1. The molecule has 1 heterocycles. The van der Waals surface area contributed by atoms with E-state index in [4.69, 9.17) is 16.6 Å². The van der Waals surface area contributed by atoms with Crippen molar-refractivity contribution in [3.05, 3.63) is 40.4 Å². The molecule has 0 bridgehead atoms. The number of carbonyl (C=O) groups excluding carboxylic acids is 1. The minimum atomic E-state index is -1.05. The minimum Gasteiger partial charge on any atom is -0.480 e. The predicted molar refractivity (Wildman–Crippen MR) is 104 cm³/mol. The van der Waals surface area contributed by atoms with Gasteiger partial charge < -0.3 is 27.2 Å². The Morgan fingerprint density at radius 1 is 1.36 bits per heavy atom. The van der Waals surface area contributed by atoms with Crippen LogP contribution in [0.15, 0.2) is 35.3 Å². The van der Waals surface area contributed by atoms with E-state index in [0.717, 1.165) is 19.4 Å². The van der Waals surface area contributed by atoms with Crippen molar-refractivity contribution >= 4 is 23.5 Å². The van der Waals surface area contributed by atoms with E-state index in [2.05, 4.69) is 15.6 Å². The van der Waals surface area contributed by atoms with Crippen LogP contribution in [0.25, 0.3) is 0 Å². The number of amides is 1. The Balaban J connectivity index is 0.000000362. The number of rotatable bonds is 8. The lowest BCUT2D eigenvalue weighted by Gasteiger charge is -2.17. The molecule has 154 valence electrons. The third kappa shape index (κ3) is 8.94. The maximum Gasteiger partial charge on any atom is 0.326 e. The summed E-state index contributed by atoms with van der Waals surface area (Å²) >= 11 is 0. The number of nitro groups is 1. The summed E-state index contributed by atoms with van der Waals surface area (Å²) in [6.45, 7) is 1.14. The van der Waals surface area contributed by atoms with Gasteiger partial charge in [0.05, 0.1) is 11.0 Å². The van der Waals surface area contributed by atoms with Gasteiger partial charge in [0.25, 0.3) is 5.69 Å². The first kappa shape index (κ1) is 22.8. The molecule has 0 saturated carbocycles. The monoisotopic (exact) mass is 394 g/mol. The normalized spacial score (nSPS) is 16.2. The zero-order valence-corrected chi connectivity index (χ0v) is 15.4. The summed E-state index contributed by atoms with van der Waals surface area (Å²) in [6, 6.07) is 6.76. The molecule has 1 unspecified atom stereocenters. The van der Waals surface area contributed by atoms with Crippen molar-refractivity contribution in [3.63, 3.8) is 0 Å². The molecule has 2 atom stereocenters. The van der Waals surface area contributed by atoms with Crippen molar-refractivity contribution < 1.29 is 19.6 Å². The molecule has 11 heteroatoms. The summed E-state index contributed by atoms with van der Waals surface area (Å²) in [5, 5.41) is 24.6. The first-order valence-electron chi connectivity index (χ1n) is 8.82. The van der Waals surface area contributed by atoms with Crippen molar-refractivity contribution in [1.29, 1.82) is 0 Å². The third-order valence-corrected chi connectivity index (χ3v) is 3.90. The quantitative estimate of drug-likeness (QED) is 0.133. The molecule has 0 spiro atoms. The molecule has 28 heavy (non-hydrogen) atoms. The molecular weight excluding hydrogens is 368 g/mol. The van der Waals surface area contributed by atoms with E-state index in [9.17, 15) is 19.7 Å². The number of carboxylic acids is 1. The van der Waals surface area contributed by atoms with Crippen molar-refractivity contribution in [2.24, 2.45) is 16.5 Å². The topological polar surface area (TPSA) is 186 Å². The fourth-order valence-corrected chi connectivity index (χ4v) is 2.49. The van der Waals surface area contributed by atoms with Gasteiger partial charge in [0, 0.05) is 18.7 Å². The maximum atomic E-state index is 11.8. The van der Waals surface area contributed by atoms with Crippen molar-refractivity contribution in [3.8, 4) is 0 Å². The average molecular weight is 394 g/mol. The van der Waals surface area contributed by atoms with E-state index in [-0.39, 0.29) is 23.6 Å².